The zero-order valence-corrected chi connectivity index (χ0v) is 14.8. The van der Waals surface area contributed by atoms with E-state index in [1.165, 1.54) is 13.2 Å². The summed E-state index contributed by atoms with van der Waals surface area (Å²) in [7, 11) is 1.41. The summed E-state index contributed by atoms with van der Waals surface area (Å²) in [4.78, 5) is 12.5. The van der Waals surface area contributed by atoms with Crippen LogP contribution < -0.4 is 9.47 Å². The second kappa shape index (κ2) is 7.38. The fourth-order valence-corrected chi connectivity index (χ4v) is 3.58. The van der Waals surface area contributed by atoms with E-state index in [9.17, 15) is 23.1 Å². The van der Waals surface area contributed by atoms with Gasteiger partial charge in [-0.3, -0.25) is 4.79 Å². The molecular weight excluding hydrogens is 365 g/mol. The summed E-state index contributed by atoms with van der Waals surface area (Å²) < 4.78 is 51.7. The molecule has 3 rings (SSSR count). The van der Waals surface area contributed by atoms with E-state index >= 15 is 0 Å². The van der Waals surface area contributed by atoms with E-state index < -0.39 is 30.3 Å². The lowest BCUT2D eigenvalue weighted by molar-refractivity contribution is -0.317. The lowest BCUT2D eigenvalue weighted by atomic mass is 9.87. The quantitative estimate of drug-likeness (QED) is 0.863. The normalized spacial score (nSPS) is 25.4. The molecule has 1 amide bonds. The molecule has 6 nitrogen and oxygen atoms in total. The zero-order chi connectivity index (χ0) is 19.7. The van der Waals surface area contributed by atoms with Crippen LogP contribution in [-0.2, 0) is 4.79 Å². The van der Waals surface area contributed by atoms with Crippen molar-refractivity contribution in [3.05, 3.63) is 24.3 Å². The number of ether oxygens (including phenoxy) is 2. The highest BCUT2D eigenvalue weighted by Crippen LogP contribution is 2.47. The van der Waals surface area contributed by atoms with E-state index in [0.29, 0.717) is 25.0 Å². The van der Waals surface area contributed by atoms with Gasteiger partial charge >= 0.3 is 6.18 Å². The number of hydrogen-bond donors (Lipinski definition) is 1. The fourth-order valence-electron chi connectivity index (χ4n) is 3.58. The third kappa shape index (κ3) is 3.47. The Morgan fingerprint density at radius 2 is 2.00 bits per heavy atom. The Labute approximate surface area is 154 Å². The molecule has 0 saturated heterocycles. The first-order valence-electron chi connectivity index (χ1n) is 8.74. The van der Waals surface area contributed by atoms with Crippen LogP contribution >= 0.6 is 0 Å². The van der Waals surface area contributed by atoms with Crippen molar-refractivity contribution in [2.75, 3.05) is 13.7 Å². The van der Waals surface area contributed by atoms with Crippen molar-refractivity contribution < 1.29 is 32.5 Å². The van der Waals surface area contributed by atoms with E-state index in [1.54, 1.807) is 18.2 Å². The standard InChI is InChI=1S/C18H21F3N2O4/c1-26-14-9-5-6-10-15(14)27-11-16(24)23-17(25,18(19,20)21)12-7-3-2-4-8-13(12)22-23/h5-6,9-10,12,25H,2-4,7-8,11H2,1H3/t12-,17+/m0/s1. The highest BCUT2D eigenvalue weighted by Gasteiger charge is 2.68. The molecule has 2 aliphatic rings. The Balaban J connectivity index is 1.83. The molecule has 1 aromatic carbocycles. The van der Waals surface area contributed by atoms with Gasteiger partial charge in [0.05, 0.1) is 13.0 Å². The fraction of sp³-hybridized carbons (Fsp3) is 0.556. The molecule has 0 unspecified atom stereocenters. The number of methoxy groups -OCH3 is 1. The molecular formula is C18H21F3N2O4. The summed E-state index contributed by atoms with van der Waals surface area (Å²) in [5, 5.41) is 14.6. The van der Waals surface area contributed by atoms with Crippen LogP contribution in [0.5, 0.6) is 11.5 Å². The zero-order valence-electron chi connectivity index (χ0n) is 14.8. The van der Waals surface area contributed by atoms with Crippen LogP contribution in [0, 0.1) is 5.92 Å². The van der Waals surface area contributed by atoms with Gasteiger partial charge in [-0.15, -0.1) is 0 Å². The van der Waals surface area contributed by atoms with E-state index in [2.05, 4.69) is 5.10 Å². The Kier molecular flexibility index (Phi) is 5.32. The van der Waals surface area contributed by atoms with Gasteiger partial charge in [0.15, 0.2) is 18.1 Å². The number of rotatable bonds is 4. The number of aliphatic hydroxyl groups is 1. The number of para-hydroxylation sites is 2. The summed E-state index contributed by atoms with van der Waals surface area (Å²) in [6, 6.07) is 6.46. The van der Waals surface area contributed by atoms with Crippen LogP contribution in [0.25, 0.3) is 0 Å². The van der Waals surface area contributed by atoms with Crippen LogP contribution in [0.3, 0.4) is 0 Å². The van der Waals surface area contributed by atoms with Gasteiger partial charge in [-0.25, -0.2) is 0 Å². The first-order chi connectivity index (χ1) is 12.8. The predicted molar refractivity (Wildman–Crippen MR) is 90.3 cm³/mol. The Hall–Kier alpha value is -2.29. The number of fused-ring (bicyclic) bond motifs is 1. The smallest absolute Gasteiger partial charge is 0.439 e. The van der Waals surface area contributed by atoms with Gasteiger partial charge in [-0.1, -0.05) is 25.0 Å². The van der Waals surface area contributed by atoms with Crippen molar-refractivity contribution in [2.45, 2.75) is 44.0 Å². The van der Waals surface area contributed by atoms with Crippen LogP contribution in [0.2, 0.25) is 0 Å². The molecule has 1 fully saturated rings. The highest BCUT2D eigenvalue weighted by molar-refractivity contribution is 5.93. The molecule has 148 valence electrons. The third-order valence-corrected chi connectivity index (χ3v) is 4.94. The predicted octanol–water partition coefficient (Wildman–Crippen LogP) is 3.10. The van der Waals surface area contributed by atoms with Crippen molar-refractivity contribution in [2.24, 2.45) is 11.0 Å². The number of amides is 1. The van der Waals surface area contributed by atoms with Crippen LogP contribution in [0.4, 0.5) is 13.2 Å². The Morgan fingerprint density at radius 3 is 2.67 bits per heavy atom. The van der Waals surface area contributed by atoms with E-state index in [4.69, 9.17) is 9.47 Å². The van der Waals surface area contributed by atoms with Crippen molar-refractivity contribution in [3.8, 4) is 11.5 Å². The largest absolute Gasteiger partial charge is 0.493 e. The summed E-state index contributed by atoms with van der Waals surface area (Å²) >= 11 is 0. The van der Waals surface area contributed by atoms with Crippen molar-refractivity contribution in [1.29, 1.82) is 0 Å². The van der Waals surface area contributed by atoms with Gasteiger partial charge in [0.2, 0.25) is 0 Å². The maximum absolute atomic E-state index is 13.8. The van der Waals surface area contributed by atoms with E-state index in [1.807, 2.05) is 0 Å². The lowest BCUT2D eigenvalue weighted by Crippen LogP contribution is -2.61. The molecule has 1 aliphatic heterocycles. The van der Waals surface area contributed by atoms with Gasteiger partial charge < -0.3 is 14.6 Å². The molecule has 1 N–H and O–H groups in total. The summed E-state index contributed by atoms with van der Waals surface area (Å²) in [5.41, 5.74) is -3.12. The number of carbonyl (C=O) groups excluding carboxylic acids is 1. The minimum Gasteiger partial charge on any atom is -0.493 e. The van der Waals surface area contributed by atoms with Gasteiger partial charge in [0, 0.05) is 5.71 Å². The maximum Gasteiger partial charge on any atom is 0.439 e. The molecule has 1 heterocycles. The molecule has 0 aromatic heterocycles. The van der Waals surface area contributed by atoms with Crippen molar-refractivity contribution >= 4 is 11.6 Å². The molecule has 27 heavy (non-hydrogen) atoms. The average molecular weight is 386 g/mol. The molecule has 1 saturated carbocycles. The molecule has 0 bridgehead atoms. The number of benzene rings is 1. The number of hydrogen-bond acceptors (Lipinski definition) is 5. The van der Waals surface area contributed by atoms with Gasteiger partial charge in [0.1, 0.15) is 0 Å². The number of alkyl halides is 3. The molecule has 0 spiro atoms. The monoisotopic (exact) mass is 386 g/mol. The summed E-state index contributed by atoms with van der Waals surface area (Å²) in [5.74, 6) is -1.75. The average Bonchev–Trinajstić information content (AvgIpc) is 2.79. The van der Waals surface area contributed by atoms with E-state index in [-0.39, 0.29) is 22.9 Å². The SMILES string of the molecule is COc1ccccc1OCC(=O)N1N=C2CCCCC[C@@H]2[C@@]1(O)C(F)(F)F. The Morgan fingerprint density at radius 1 is 1.30 bits per heavy atom. The van der Waals surface area contributed by atoms with Crippen LogP contribution in [0.15, 0.2) is 29.4 Å². The number of hydrazone groups is 1. The topological polar surface area (TPSA) is 71.4 Å². The van der Waals surface area contributed by atoms with Gasteiger partial charge in [-0.05, 0) is 31.4 Å². The van der Waals surface area contributed by atoms with Crippen LogP contribution in [-0.4, -0.2) is 47.4 Å². The molecule has 0 radical (unpaired) electrons. The molecule has 9 heteroatoms. The Bertz CT molecular complexity index is 738. The third-order valence-electron chi connectivity index (χ3n) is 4.94. The number of nitrogens with zero attached hydrogens (tertiary/aromatic N) is 2. The molecule has 1 aromatic rings. The first-order valence-corrected chi connectivity index (χ1v) is 8.74. The highest BCUT2D eigenvalue weighted by atomic mass is 19.4. The second-order valence-corrected chi connectivity index (χ2v) is 6.61. The first kappa shape index (κ1) is 19.5. The minimum atomic E-state index is -5.03. The summed E-state index contributed by atoms with van der Waals surface area (Å²) in [6.07, 6.45) is -2.57. The maximum atomic E-state index is 13.8. The lowest BCUT2D eigenvalue weighted by Gasteiger charge is -2.37. The van der Waals surface area contributed by atoms with Crippen molar-refractivity contribution in [1.82, 2.24) is 5.01 Å². The second-order valence-electron chi connectivity index (χ2n) is 6.61. The summed E-state index contributed by atoms with van der Waals surface area (Å²) in [6.45, 7) is -0.706. The number of carbonyl (C=O) groups is 1. The van der Waals surface area contributed by atoms with Crippen LogP contribution in [0.1, 0.15) is 32.1 Å². The van der Waals surface area contributed by atoms with Crippen molar-refractivity contribution in [3.63, 3.8) is 0 Å². The van der Waals surface area contributed by atoms with Gasteiger partial charge in [0.25, 0.3) is 11.6 Å². The molecule has 2 atom stereocenters. The number of halogens is 3. The van der Waals surface area contributed by atoms with Gasteiger partial charge in [-0.2, -0.15) is 23.3 Å². The molecule has 1 aliphatic carbocycles. The minimum absolute atomic E-state index is 0.131. The van der Waals surface area contributed by atoms with E-state index in [0.717, 1.165) is 6.42 Å².